The van der Waals surface area contributed by atoms with Gasteiger partial charge in [0.05, 0.1) is 16.3 Å². The highest BCUT2D eigenvalue weighted by Crippen LogP contribution is 2.32. The Kier molecular flexibility index (Phi) is 5.75. The number of hydrogen-bond acceptors (Lipinski definition) is 5. The van der Waals surface area contributed by atoms with Gasteiger partial charge in [0.2, 0.25) is 5.89 Å². The van der Waals surface area contributed by atoms with Gasteiger partial charge in [-0.3, -0.25) is 4.79 Å². The van der Waals surface area contributed by atoms with Crippen LogP contribution < -0.4 is 10.9 Å². The lowest BCUT2D eigenvalue weighted by Gasteiger charge is -2.10. The maximum absolute atomic E-state index is 13.1. The lowest BCUT2D eigenvalue weighted by atomic mass is 10.0. The molecule has 0 atom stereocenters. The third-order valence-electron chi connectivity index (χ3n) is 5.89. The van der Waals surface area contributed by atoms with Gasteiger partial charge >= 0.3 is 5.63 Å². The maximum Gasteiger partial charge on any atom is 0.344 e. The SMILES string of the molecule is O=C(Nc1cc(-c2nc3cc(Cl)ccc3o2)ccc1Cl)c1cccc(-c2cc3ccccc3oc2=O)c1. The van der Waals surface area contributed by atoms with E-state index in [-0.39, 0.29) is 0 Å². The van der Waals surface area contributed by atoms with Crippen LogP contribution in [0, 0.1) is 0 Å². The first kappa shape index (κ1) is 23.0. The molecule has 0 fully saturated rings. The molecule has 0 spiro atoms. The Morgan fingerprint density at radius 3 is 2.54 bits per heavy atom. The number of oxazole rings is 1. The number of nitrogens with zero attached hydrogens (tertiary/aromatic N) is 1. The second-order valence-corrected chi connectivity index (χ2v) is 9.19. The van der Waals surface area contributed by atoms with Crippen LogP contribution in [0.5, 0.6) is 0 Å². The molecule has 2 aromatic heterocycles. The van der Waals surface area contributed by atoms with Crippen LogP contribution >= 0.6 is 23.2 Å². The number of carbonyl (C=O) groups excluding carboxylic acids is 1. The standard InChI is InChI=1S/C29H16Cl2N2O4/c30-20-9-11-26-24(15-20)33-28(36-26)19-8-10-22(31)23(14-19)32-27(34)18-6-3-5-16(12-18)21-13-17-4-1-2-7-25(17)37-29(21)35/h1-15H,(H,32,34). The molecule has 6 rings (SSSR count). The lowest BCUT2D eigenvalue weighted by Crippen LogP contribution is -2.12. The molecule has 0 aliphatic carbocycles. The molecule has 2 heterocycles. The van der Waals surface area contributed by atoms with E-state index in [1.165, 1.54) is 0 Å². The molecular formula is C29H16Cl2N2O4. The van der Waals surface area contributed by atoms with Gasteiger partial charge in [-0.1, -0.05) is 53.5 Å². The Hall–Kier alpha value is -4.39. The quantitative estimate of drug-likeness (QED) is 0.236. The highest BCUT2D eigenvalue weighted by atomic mass is 35.5. The van der Waals surface area contributed by atoms with Crippen LogP contribution in [0.4, 0.5) is 5.69 Å². The molecule has 0 aliphatic heterocycles. The van der Waals surface area contributed by atoms with E-state index in [4.69, 9.17) is 32.0 Å². The number of fused-ring (bicyclic) bond motifs is 2. The third kappa shape index (κ3) is 4.48. The van der Waals surface area contributed by atoms with E-state index in [9.17, 15) is 9.59 Å². The van der Waals surface area contributed by atoms with Crippen LogP contribution in [0.2, 0.25) is 10.0 Å². The van der Waals surface area contributed by atoms with Gasteiger partial charge in [-0.2, -0.15) is 0 Å². The zero-order valence-corrected chi connectivity index (χ0v) is 20.5. The summed E-state index contributed by atoms with van der Waals surface area (Å²) in [6, 6.07) is 26.1. The number of rotatable bonds is 4. The number of nitrogens with one attached hydrogen (secondary N) is 1. The van der Waals surface area contributed by atoms with Gasteiger partial charge in [0, 0.05) is 21.5 Å². The summed E-state index contributed by atoms with van der Waals surface area (Å²) in [5.74, 6) is -0.0233. The van der Waals surface area contributed by atoms with E-state index < -0.39 is 11.5 Å². The Bertz CT molecular complexity index is 1890. The van der Waals surface area contributed by atoms with Gasteiger partial charge in [-0.05, 0) is 66.2 Å². The van der Waals surface area contributed by atoms with E-state index in [1.807, 2.05) is 12.1 Å². The van der Waals surface area contributed by atoms with Crippen molar-refractivity contribution in [3.8, 4) is 22.6 Å². The highest BCUT2D eigenvalue weighted by molar-refractivity contribution is 6.34. The van der Waals surface area contributed by atoms with Gasteiger partial charge in [-0.25, -0.2) is 9.78 Å². The van der Waals surface area contributed by atoms with Gasteiger partial charge in [0.15, 0.2) is 5.58 Å². The fourth-order valence-corrected chi connectivity index (χ4v) is 4.39. The largest absolute Gasteiger partial charge is 0.436 e. The average Bonchev–Trinajstić information content (AvgIpc) is 3.33. The smallest absolute Gasteiger partial charge is 0.344 e. The fourth-order valence-electron chi connectivity index (χ4n) is 4.06. The van der Waals surface area contributed by atoms with E-state index in [2.05, 4.69) is 10.3 Å². The topological polar surface area (TPSA) is 85.3 Å². The number of para-hydroxylation sites is 1. The molecule has 6 aromatic rings. The monoisotopic (exact) mass is 526 g/mol. The minimum atomic E-state index is -0.480. The predicted octanol–water partition coefficient (Wildman–Crippen LogP) is 7.83. The number of benzene rings is 4. The Morgan fingerprint density at radius 2 is 1.65 bits per heavy atom. The summed E-state index contributed by atoms with van der Waals surface area (Å²) in [5, 5.41) is 4.53. The normalized spacial score (nSPS) is 11.2. The van der Waals surface area contributed by atoms with Crippen molar-refractivity contribution in [3.05, 3.63) is 117 Å². The number of amides is 1. The van der Waals surface area contributed by atoms with Gasteiger partial charge in [0.25, 0.3) is 5.91 Å². The summed E-state index contributed by atoms with van der Waals surface area (Å²) in [6.45, 7) is 0. The van der Waals surface area contributed by atoms with Gasteiger partial charge < -0.3 is 14.2 Å². The number of halogens is 2. The van der Waals surface area contributed by atoms with Crippen LogP contribution in [0.15, 0.2) is 105 Å². The van der Waals surface area contributed by atoms with Crippen LogP contribution in [-0.2, 0) is 0 Å². The summed E-state index contributed by atoms with van der Waals surface area (Å²) in [4.78, 5) is 30.2. The van der Waals surface area contributed by atoms with E-state index in [1.54, 1.807) is 78.9 Å². The molecule has 1 amide bonds. The second-order valence-electron chi connectivity index (χ2n) is 8.35. The van der Waals surface area contributed by atoms with Crippen molar-refractivity contribution in [1.29, 1.82) is 0 Å². The third-order valence-corrected chi connectivity index (χ3v) is 6.45. The molecule has 4 aromatic carbocycles. The lowest BCUT2D eigenvalue weighted by molar-refractivity contribution is 0.102. The first-order valence-electron chi connectivity index (χ1n) is 11.3. The molecule has 0 saturated carbocycles. The van der Waals surface area contributed by atoms with E-state index in [0.717, 1.165) is 5.39 Å². The van der Waals surface area contributed by atoms with Crippen molar-refractivity contribution in [3.63, 3.8) is 0 Å². The number of anilines is 1. The maximum atomic E-state index is 13.1. The van der Waals surface area contributed by atoms with Crippen LogP contribution in [0.3, 0.4) is 0 Å². The Morgan fingerprint density at radius 1 is 0.784 bits per heavy atom. The van der Waals surface area contributed by atoms with Crippen molar-refractivity contribution in [2.24, 2.45) is 0 Å². The Balaban J connectivity index is 1.31. The summed E-state index contributed by atoms with van der Waals surface area (Å²) < 4.78 is 11.3. The number of hydrogen-bond donors (Lipinski definition) is 1. The molecule has 8 heteroatoms. The molecule has 0 saturated heterocycles. The van der Waals surface area contributed by atoms with Crippen LogP contribution in [0.1, 0.15) is 10.4 Å². The first-order valence-corrected chi connectivity index (χ1v) is 12.0. The molecule has 1 N–H and O–H groups in total. The molecule has 0 aliphatic rings. The average molecular weight is 527 g/mol. The van der Waals surface area contributed by atoms with Crippen molar-refractivity contribution in [2.45, 2.75) is 0 Å². The molecule has 6 nitrogen and oxygen atoms in total. The van der Waals surface area contributed by atoms with Crippen molar-refractivity contribution in [1.82, 2.24) is 4.98 Å². The molecule has 180 valence electrons. The highest BCUT2D eigenvalue weighted by Gasteiger charge is 2.15. The zero-order chi connectivity index (χ0) is 25.5. The minimum absolute atomic E-state index is 0.350. The van der Waals surface area contributed by atoms with Crippen molar-refractivity contribution in [2.75, 3.05) is 5.32 Å². The number of carbonyl (C=O) groups is 1. The molecule has 0 unspecified atom stereocenters. The van der Waals surface area contributed by atoms with Crippen LogP contribution in [0.25, 0.3) is 44.7 Å². The Labute approximate surface area is 220 Å². The van der Waals surface area contributed by atoms with E-state index >= 15 is 0 Å². The first-order chi connectivity index (χ1) is 17.9. The zero-order valence-electron chi connectivity index (χ0n) is 19.0. The van der Waals surface area contributed by atoms with Crippen molar-refractivity contribution < 1.29 is 13.6 Å². The molecule has 37 heavy (non-hydrogen) atoms. The summed E-state index contributed by atoms with van der Waals surface area (Å²) in [7, 11) is 0. The summed E-state index contributed by atoms with van der Waals surface area (Å²) in [6.07, 6.45) is 0. The minimum Gasteiger partial charge on any atom is -0.436 e. The van der Waals surface area contributed by atoms with Gasteiger partial charge in [-0.15, -0.1) is 0 Å². The molecule has 0 radical (unpaired) electrons. The molecular weight excluding hydrogens is 511 g/mol. The predicted molar refractivity (Wildman–Crippen MR) is 145 cm³/mol. The summed E-state index contributed by atoms with van der Waals surface area (Å²) in [5.41, 5.74) is 3.54. The summed E-state index contributed by atoms with van der Waals surface area (Å²) >= 11 is 12.4. The van der Waals surface area contributed by atoms with E-state index in [0.29, 0.717) is 60.6 Å². The second kappa shape index (κ2) is 9.24. The molecule has 0 bridgehead atoms. The van der Waals surface area contributed by atoms with Gasteiger partial charge in [0.1, 0.15) is 11.1 Å². The fraction of sp³-hybridized carbons (Fsp3) is 0. The number of aromatic nitrogens is 1. The van der Waals surface area contributed by atoms with Crippen molar-refractivity contribution >= 4 is 56.9 Å². The van der Waals surface area contributed by atoms with Crippen LogP contribution in [-0.4, -0.2) is 10.9 Å².